The maximum absolute atomic E-state index is 10.8. The quantitative estimate of drug-likeness (QED) is 0.137. The van der Waals surface area contributed by atoms with E-state index in [1.54, 1.807) is 47.0 Å². The molecular weight excluding hydrogens is 589 g/mol. The van der Waals surface area contributed by atoms with Crippen LogP contribution in [0.2, 0.25) is 0 Å². The van der Waals surface area contributed by atoms with E-state index in [-0.39, 0.29) is 0 Å². The van der Waals surface area contributed by atoms with Crippen molar-refractivity contribution in [3.63, 3.8) is 0 Å². The molecule has 0 heterocycles. The third-order valence-corrected chi connectivity index (χ3v) is 10.7. The fraction of sp³-hybridized carbons (Fsp3) is 0.111. The van der Waals surface area contributed by atoms with Crippen molar-refractivity contribution in [1.82, 2.24) is 0 Å². The Hall–Kier alpha value is -3.52. The highest BCUT2D eigenvalue weighted by Crippen LogP contribution is 2.49. The largest absolute Gasteiger partial charge is 0.192 e. The third kappa shape index (κ3) is 4.74. The average molecular weight is 615 g/mol. The molecule has 6 aromatic carbocycles. The summed E-state index contributed by atoms with van der Waals surface area (Å²) in [5.74, 6) is 0. The zero-order valence-electron chi connectivity index (χ0n) is 23.6. The highest BCUT2D eigenvalue weighted by atomic mass is 32.2. The second-order valence-electron chi connectivity index (χ2n) is 9.75. The van der Waals surface area contributed by atoms with Crippen molar-refractivity contribution in [2.45, 2.75) is 19.6 Å². The fourth-order valence-electron chi connectivity index (χ4n) is 5.79. The summed E-state index contributed by atoms with van der Waals surface area (Å²) in [6, 6.07) is 35.0. The topological polar surface area (TPSA) is 47.6 Å². The maximum Gasteiger partial charge on any atom is 0.100 e. The molecule has 42 heavy (non-hydrogen) atoms. The van der Waals surface area contributed by atoms with Crippen LogP contribution in [-0.4, -0.2) is 25.0 Å². The Morgan fingerprint density at radius 1 is 0.429 bits per heavy atom. The number of hydrogen-bond donors (Lipinski definition) is 0. The highest BCUT2D eigenvalue weighted by Gasteiger charge is 2.25. The third-order valence-electron chi connectivity index (χ3n) is 7.76. The van der Waals surface area contributed by atoms with Crippen molar-refractivity contribution in [3.8, 4) is 34.4 Å². The van der Waals surface area contributed by atoms with Gasteiger partial charge in [-0.25, -0.2) is 0 Å². The molecular formula is C36H26N2S4. The molecule has 0 atom stereocenters. The second-order valence-corrected chi connectivity index (χ2v) is 13.3. The molecule has 6 aromatic rings. The van der Waals surface area contributed by atoms with E-state index in [0.717, 1.165) is 64.4 Å². The second kappa shape index (κ2) is 12.0. The lowest BCUT2D eigenvalue weighted by molar-refractivity contribution is 1.45. The molecule has 0 aromatic heterocycles. The van der Waals surface area contributed by atoms with Gasteiger partial charge in [0.05, 0.1) is 11.1 Å². The van der Waals surface area contributed by atoms with E-state index in [2.05, 4.69) is 122 Å². The van der Waals surface area contributed by atoms with Crippen molar-refractivity contribution >= 4 is 79.4 Å². The molecule has 0 spiro atoms. The SMILES string of the molecule is CSc1ccc(-c2c3ccc(SC)cc3c(C#N)c3c(-c4ccc(SC)cc4)c4ccc(SC)cc4c(C#N)c23)cc1. The van der Waals surface area contributed by atoms with Crippen molar-refractivity contribution in [2.75, 3.05) is 25.0 Å². The van der Waals surface area contributed by atoms with Gasteiger partial charge in [-0.3, -0.25) is 0 Å². The van der Waals surface area contributed by atoms with Crippen molar-refractivity contribution in [2.24, 2.45) is 0 Å². The van der Waals surface area contributed by atoms with Gasteiger partial charge in [-0.05, 0) is 107 Å². The summed E-state index contributed by atoms with van der Waals surface area (Å²) in [5, 5.41) is 27.2. The predicted molar refractivity (Wildman–Crippen MR) is 186 cm³/mol. The number of rotatable bonds is 6. The molecule has 204 valence electrons. The van der Waals surface area contributed by atoms with Gasteiger partial charge in [0.2, 0.25) is 0 Å². The molecule has 0 aliphatic carbocycles. The summed E-state index contributed by atoms with van der Waals surface area (Å²) in [6.07, 6.45) is 8.26. The van der Waals surface area contributed by atoms with Crippen LogP contribution in [0.1, 0.15) is 11.1 Å². The molecule has 0 fully saturated rings. The predicted octanol–water partition coefficient (Wildman–Crippen LogP) is 11.1. The lowest BCUT2D eigenvalue weighted by atomic mass is 9.80. The Balaban J connectivity index is 1.95. The standard InChI is InChI=1S/C36H26N2S4/c1-39-23-9-5-21(6-10-23)33-27-15-13-25(41-3)17-29(27)32(20-38)36-34(22-7-11-24(40-2)12-8-22)28-16-14-26(42-4)18-30(28)31(19-37)35(33)36/h5-18H,1-4H3. The average Bonchev–Trinajstić information content (AvgIpc) is 3.05. The van der Waals surface area contributed by atoms with E-state index in [1.165, 1.54) is 9.79 Å². The highest BCUT2D eigenvalue weighted by molar-refractivity contribution is 7.99. The van der Waals surface area contributed by atoms with Crippen LogP contribution in [0.4, 0.5) is 0 Å². The molecule has 0 saturated heterocycles. The molecule has 0 aliphatic heterocycles. The number of hydrogen-bond acceptors (Lipinski definition) is 6. The minimum Gasteiger partial charge on any atom is -0.192 e. The molecule has 0 bridgehead atoms. The summed E-state index contributed by atoms with van der Waals surface area (Å²) < 4.78 is 0. The minimum absolute atomic E-state index is 0.608. The van der Waals surface area contributed by atoms with E-state index < -0.39 is 0 Å². The van der Waals surface area contributed by atoms with Crippen LogP contribution in [0.15, 0.2) is 105 Å². The van der Waals surface area contributed by atoms with E-state index >= 15 is 0 Å². The van der Waals surface area contributed by atoms with Gasteiger partial charge in [-0.2, -0.15) is 10.5 Å². The number of fused-ring (bicyclic) bond motifs is 3. The van der Waals surface area contributed by atoms with Gasteiger partial charge >= 0.3 is 0 Å². The zero-order valence-corrected chi connectivity index (χ0v) is 26.9. The summed E-state index contributed by atoms with van der Waals surface area (Å²) in [6.45, 7) is 0. The molecule has 2 nitrogen and oxygen atoms in total. The van der Waals surface area contributed by atoms with Gasteiger partial charge in [-0.1, -0.05) is 36.4 Å². The summed E-state index contributed by atoms with van der Waals surface area (Å²) in [5.41, 5.74) is 5.27. The fourth-order valence-corrected chi connectivity index (χ4v) is 7.48. The molecule has 0 saturated carbocycles. The summed E-state index contributed by atoms with van der Waals surface area (Å²) in [4.78, 5) is 4.55. The van der Waals surface area contributed by atoms with Crippen LogP contribution in [0.5, 0.6) is 0 Å². The van der Waals surface area contributed by atoms with Gasteiger partial charge in [-0.15, -0.1) is 47.0 Å². The Labute approximate surface area is 263 Å². The number of nitrogens with zero attached hydrogens (tertiary/aromatic N) is 2. The van der Waals surface area contributed by atoms with Crippen LogP contribution in [0, 0.1) is 22.7 Å². The first-order valence-corrected chi connectivity index (χ1v) is 18.2. The van der Waals surface area contributed by atoms with Crippen LogP contribution in [0.25, 0.3) is 54.6 Å². The Kier molecular flexibility index (Phi) is 8.17. The minimum atomic E-state index is 0.608. The van der Waals surface area contributed by atoms with Gasteiger partial charge < -0.3 is 0 Å². The van der Waals surface area contributed by atoms with Gasteiger partial charge in [0, 0.05) is 41.1 Å². The molecule has 0 radical (unpaired) electrons. The lowest BCUT2D eigenvalue weighted by Crippen LogP contribution is -1.98. The normalized spacial score (nSPS) is 11.2. The number of thioether (sulfide) groups is 4. The Morgan fingerprint density at radius 3 is 1.07 bits per heavy atom. The first-order chi connectivity index (χ1) is 20.6. The molecule has 0 amide bonds. The summed E-state index contributed by atoms with van der Waals surface area (Å²) in [7, 11) is 0. The Bertz CT molecular complexity index is 1930. The maximum atomic E-state index is 10.8. The van der Waals surface area contributed by atoms with Gasteiger partial charge in [0.1, 0.15) is 12.1 Å². The molecule has 0 unspecified atom stereocenters. The van der Waals surface area contributed by atoms with Crippen molar-refractivity contribution in [3.05, 3.63) is 96.1 Å². The summed E-state index contributed by atoms with van der Waals surface area (Å²) >= 11 is 6.74. The zero-order chi connectivity index (χ0) is 29.4. The van der Waals surface area contributed by atoms with Gasteiger partial charge in [0.15, 0.2) is 0 Å². The lowest BCUT2D eigenvalue weighted by Gasteiger charge is -2.21. The Morgan fingerprint density at radius 2 is 0.762 bits per heavy atom. The van der Waals surface area contributed by atoms with Crippen LogP contribution < -0.4 is 0 Å². The smallest absolute Gasteiger partial charge is 0.100 e. The molecule has 6 heteroatoms. The van der Waals surface area contributed by atoms with Gasteiger partial charge in [0.25, 0.3) is 0 Å². The van der Waals surface area contributed by atoms with E-state index in [4.69, 9.17) is 0 Å². The first-order valence-electron chi connectivity index (χ1n) is 13.3. The van der Waals surface area contributed by atoms with Crippen LogP contribution in [-0.2, 0) is 0 Å². The molecule has 0 N–H and O–H groups in total. The van der Waals surface area contributed by atoms with E-state index in [9.17, 15) is 10.5 Å². The van der Waals surface area contributed by atoms with E-state index in [1.807, 2.05) is 0 Å². The number of nitriles is 2. The monoisotopic (exact) mass is 614 g/mol. The number of benzene rings is 6. The van der Waals surface area contributed by atoms with Crippen molar-refractivity contribution in [1.29, 1.82) is 10.5 Å². The van der Waals surface area contributed by atoms with Crippen molar-refractivity contribution < 1.29 is 0 Å². The first kappa shape index (κ1) is 28.6. The van der Waals surface area contributed by atoms with Crippen LogP contribution >= 0.6 is 47.0 Å². The molecule has 6 rings (SSSR count). The van der Waals surface area contributed by atoms with Crippen LogP contribution in [0.3, 0.4) is 0 Å². The van der Waals surface area contributed by atoms with E-state index in [0.29, 0.717) is 11.1 Å². The molecule has 0 aliphatic rings.